The minimum atomic E-state index is -0.829. The third-order valence-corrected chi connectivity index (χ3v) is 6.25. The van der Waals surface area contributed by atoms with Crippen molar-refractivity contribution < 1.29 is 19.4 Å². The molecule has 0 aromatic carbocycles. The van der Waals surface area contributed by atoms with E-state index in [0.29, 0.717) is 17.2 Å². The van der Waals surface area contributed by atoms with Crippen LogP contribution in [0.25, 0.3) is 0 Å². The normalized spacial score (nSPS) is 39.4. The average Bonchev–Trinajstić information content (AvgIpc) is 2.44. The third-order valence-electron chi connectivity index (χ3n) is 5.32. The van der Waals surface area contributed by atoms with Gasteiger partial charge in [-0.2, -0.15) is 0 Å². The highest BCUT2D eigenvalue weighted by atomic mass is 79.9. The highest BCUT2D eigenvalue weighted by Gasteiger charge is 2.56. The maximum Gasteiger partial charge on any atom is 0.317 e. The van der Waals surface area contributed by atoms with Gasteiger partial charge in [0.25, 0.3) is 0 Å². The van der Waals surface area contributed by atoms with Gasteiger partial charge in [0.2, 0.25) is 0 Å². The zero-order valence-corrected chi connectivity index (χ0v) is 15.4. The number of carboxylic acid groups (broad SMARTS) is 1. The monoisotopic (exact) mass is 424 g/mol. The Morgan fingerprint density at radius 2 is 1.48 bits per heavy atom. The van der Waals surface area contributed by atoms with Crippen molar-refractivity contribution in [1.82, 2.24) is 0 Å². The molecule has 0 radical (unpaired) electrons. The Balaban J connectivity index is 0.000000282. The molecule has 0 saturated heterocycles. The van der Waals surface area contributed by atoms with Gasteiger partial charge in [0, 0.05) is 0 Å². The van der Waals surface area contributed by atoms with Crippen LogP contribution in [0.4, 0.5) is 0 Å². The maximum absolute atomic E-state index is 11.5. The van der Waals surface area contributed by atoms with Gasteiger partial charge >= 0.3 is 11.9 Å². The third kappa shape index (κ3) is 3.81. The summed E-state index contributed by atoms with van der Waals surface area (Å²) in [4.78, 5) is 20.9. The topological polar surface area (TPSA) is 63.6 Å². The van der Waals surface area contributed by atoms with E-state index in [-0.39, 0.29) is 16.9 Å². The molecule has 4 bridgehead atoms. The van der Waals surface area contributed by atoms with Gasteiger partial charge in [0.15, 0.2) is 0 Å². The van der Waals surface area contributed by atoms with E-state index in [9.17, 15) is 9.59 Å². The number of hydrogen-bond acceptors (Lipinski definition) is 3. The molecule has 0 atom stereocenters. The Labute approximate surface area is 142 Å². The summed E-state index contributed by atoms with van der Waals surface area (Å²) in [5.74, 6) is 2.20. The van der Waals surface area contributed by atoms with Crippen molar-refractivity contribution in [3.05, 3.63) is 0 Å². The molecule has 4 aliphatic carbocycles. The molecular formula is C15H22Br2O4. The first-order valence-electron chi connectivity index (χ1n) is 7.44. The zero-order chi connectivity index (χ0) is 15.6. The minimum absolute atomic E-state index is 0.0347. The molecule has 1 N–H and O–H groups in total. The first-order valence-corrected chi connectivity index (χ1v) is 9.68. The lowest BCUT2D eigenvalue weighted by Crippen LogP contribution is -2.58. The van der Waals surface area contributed by atoms with Crippen molar-refractivity contribution >= 4 is 43.8 Å². The van der Waals surface area contributed by atoms with Crippen molar-refractivity contribution in [2.45, 2.75) is 44.6 Å². The Morgan fingerprint density at radius 3 is 1.81 bits per heavy atom. The standard InChI is InChI=1S/C13H19BrO2.C2H3BrO2/c1-13(16-12(15)7-14)10-3-8-2-9(5-10)6-11(13)4-8;3-1-2(4)5/h8-11H,2-7H2,1H3;1H2,(H,4,5). The Kier molecular flexibility index (Phi) is 5.74. The molecule has 4 saturated carbocycles. The first-order chi connectivity index (χ1) is 9.88. The molecule has 120 valence electrons. The van der Waals surface area contributed by atoms with E-state index in [1.54, 1.807) is 0 Å². The van der Waals surface area contributed by atoms with Gasteiger partial charge in [-0.05, 0) is 62.7 Å². The minimum Gasteiger partial charge on any atom is -0.481 e. The van der Waals surface area contributed by atoms with Crippen molar-refractivity contribution in [3.63, 3.8) is 0 Å². The fourth-order valence-electron chi connectivity index (χ4n) is 4.56. The van der Waals surface area contributed by atoms with Crippen molar-refractivity contribution in [2.24, 2.45) is 23.7 Å². The highest BCUT2D eigenvalue weighted by Crippen LogP contribution is 2.59. The molecule has 4 fully saturated rings. The van der Waals surface area contributed by atoms with Gasteiger partial charge in [-0.1, -0.05) is 31.9 Å². The lowest BCUT2D eigenvalue weighted by Gasteiger charge is -2.59. The lowest BCUT2D eigenvalue weighted by molar-refractivity contribution is -0.200. The summed E-state index contributed by atoms with van der Waals surface area (Å²) in [6.07, 6.45) is 6.60. The van der Waals surface area contributed by atoms with Crippen LogP contribution < -0.4 is 0 Å². The van der Waals surface area contributed by atoms with E-state index in [2.05, 4.69) is 38.8 Å². The molecule has 0 aromatic heterocycles. The van der Waals surface area contributed by atoms with E-state index in [1.165, 1.54) is 32.1 Å². The zero-order valence-electron chi connectivity index (χ0n) is 12.2. The molecule has 21 heavy (non-hydrogen) atoms. The molecule has 0 aliphatic heterocycles. The molecule has 4 nitrogen and oxygen atoms in total. The fraction of sp³-hybridized carbons (Fsp3) is 0.867. The summed E-state index contributed by atoms with van der Waals surface area (Å²) < 4.78 is 5.78. The Hall–Kier alpha value is -0.100. The van der Waals surface area contributed by atoms with Gasteiger partial charge in [0.05, 0.1) is 0 Å². The predicted octanol–water partition coefficient (Wildman–Crippen LogP) is 3.61. The van der Waals surface area contributed by atoms with E-state index < -0.39 is 5.97 Å². The van der Waals surface area contributed by atoms with Crippen LogP contribution in [0.3, 0.4) is 0 Å². The summed E-state index contributed by atoms with van der Waals surface area (Å²) >= 11 is 5.91. The average molecular weight is 426 g/mol. The van der Waals surface area contributed by atoms with Gasteiger partial charge in [-0.3, -0.25) is 9.59 Å². The summed E-state index contributed by atoms with van der Waals surface area (Å²) in [7, 11) is 0. The molecular weight excluding hydrogens is 404 g/mol. The molecule has 4 aliphatic rings. The van der Waals surface area contributed by atoms with Crippen molar-refractivity contribution in [3.8, 4) is 0 Å². The number of halogens is 2. The lowest BCUT2D eigenvalue weighted by atomic mass is 9.50. The smallest absolute Gasteiger partial charge is 0.317 e. The molecule has 0 spiro atoms. The second-order valence-electron chi connectivity index (χ2n) is 6.62. The second kappa shape index (κ2) is 6.99. The Morgan fingerprint density at radius 1 is 1.05 bits per heavy atom. The van der Waals surface area contributed by atoms with Crippen LogP contribution in [0.15, 0.2) is 0 Å². The second-order valence-corrected chi connectivity index (χ2v) is 7.74. The predicted molar refractivity (Wildman–Crippen MR) is 86.8 cm³/mol. The molecule has 0 amide bonds. The first kappa shape index (κ1) is 17.3. The van der Waals surface area contributed by atoms with Crippen LogP contribution >= 0.6 is 31.9 Å². The van der Waals surface area contributed by atoms with Crippen LogP contribution in [-0.4, -0.2) is 33.3 Å². The highest BCUT2D eigenvalue weighted by molar-refractivity contribution is 9.09. The molecule has 0 unspecified atom stereocenters. The number of rotatable bonds is 3. The van der Waals surface area contributed by atoms with Crippen molar-refractivity contribution in [2.75, 3.05) is 10.7 Å². The summed E-state index contributed by atoms with van der Waals surface area (Å²) in [6.45, 7) is 2.18. The van der Waals surface area contributed by atoms with E-state index in [4.69, 9.17) is 9.84 Å². The summed E-state index contributed by atoms with van der Waals surface area (Å²) in [5, 5.41) is 8.04. The van der Waals surface area contributed by atoms with Gasteiger partial charge < -0.3 is 9.84 Å². The number of hydrogen-bond donors (Lipinski definition) is 1. The van der Waals surface area contributed by atoms with Gasteiger partial charge in [-0.15, -0.1) is 0 Å². The Bertz CT molecular complexity index is 382. The SMILES string of the molecule is CC1(OC(=O)CBr)C2CC3CC(C2)CC1C3.O=C(O)CBr. The van der Waals surface area contributed by atoms with Gasteiger partial charge in [-0.25, -0.2) is 0 Å². The molecule has 4 rings (SSSR count). The largest absolute Gasteiger partial charge is 0.481 e. The van der Waals surface area contributed by atoms with E-state index in [1.807, 2.05) is 0 Å². The van der Waals surface area contributed by atoms with Crippen molar-refractivity contribution in [1.29, 1.82) is 0 Å². The van der Waals surface area contributed by atoms with Crippen LogP contribution in [0, 0.1) is 23.7 Å². The number of carboxylic acids is 1. The number of esters is 1. The quantitative estimate of drug-likeness (QED) is 0.554. The van der Waals surface area contributed by atoms with Gasteiger partial charge in [0.1, 0.15) is 16.3 Å². The molecule has 6 heteroatoms. The van der Waals surface area contributed by atoms with E-state index in [0.717, 1.165) is 11.8 Å². The van der Waals surface area contributed by atoms with Crippen LogP contribution in [0.1, 0.15) is 39.0 Å². The van der Waals surface area contributed by atoms with Crippen LogP contribution in [-0.2, 0) is 14.3 Å². The number of alkyl halides is 2. The maximum atomic E-state index is 11.5. The van der Waals surface area contributed by atoms with Crippen LogP contribution in [0.5, 0.6) is 0 Å². The molecule has 0 aromatic rings. The summed E-state index contributed by atoms with van der Waals surface area (Å²) in [6, 6.07) is 0. The number of aliphatic carboxylic acids is 1. The van der Waals surface area contributed by atoms with E-state index >= 15 is 0 Å². The summed E-state index contributed by atoms with van der Waals surface area (Å²) in [5.41, 5.74) is -0.154. The number of carbonyl (C=O) groups excluding carboxylic acids is 1. The molecule has 0 heterocycles. The number of carbonyl (C=O) groups is 2. The fourth-order valence-corrected chi connectivity index (χ4v) is 4.67. The van der Waals surface area contributed by atoms with Crippen LogP contribution in [0.2, 0.25) is 0 Å². The number of ether oxygens (including phenoxy) is 1.